The molecule has 5 heteroatoms. The van der Waals surface area contributed by atoms with Gasteiger partial charge in [0.05, 0.1) is 5.69 Å². The van der Waals surface area contributed by atoms with E-state index in [-0.39, 0.29) is 0 Å². The summed E-state index contributed by atoms with van der Waals surface area (Å²) in [6.07, 6.45) is 2.30. The fourth-order valence-electron chi connectivity index (χ4n) is 2.66. The number of anilines is 1. The number of phenols is 1. The lowest BCUT2D eigenvalue weighted by Crippen LogP contribution is -2.52. The van der Waals surface area contributed by atoms with E-state index in [0.717, 1.165) is 57.3 Å². The van der Waals surface area contributed by atoms with Crippen molar-refractivity contribution in [2.45, 2.75) is 26.7 Å². The average Bonchev–Trinajstić information content (AvgIpc) is 2.55. The van der Waals surface area contributed by atoms with Crippen LogP contribution in [0.15, 0.2) is 29.3 Å². The van der Waals surface area contributed by atoms with Gasteiger partial charge in [-0.1, -0.05) is 25.5 Å². The predicted octanol–water partition coefficient (Wildman–Crippen LogP) is 2.28. The zero-order chi connectivity index (χ0) is 15.8. The number of guanidine groups is 1. The topological polar surface area (TPSA) is 51.1 Å². The van der Waals surface area contributed by atoms with Crippen molar-refractivity contribution >= 4 is 11.6 Å². The third-order valence-corrected chi connectivity index (χ3v) is 3.91. The summed E-state index contributed by atoms with van der Waals surface area (Å²) in [6, 6.07) is 7.56. The van der Waals surface area contributed by atoms with E-state index in [9.17, 15) is 5.11 Å². The molecular weight excluding hydrogens is 276 g/mol. The maximum absolute atomic E-state index is 9.97. The number of phenolic OH excluding ortho intramolecular Hbond substituents is 1. The predicted molar refractivity (Wildman–Crippen MR) is 92.8 cm³/mol. The summed E-state index contributed by atoms with van der Waals surface area (Å²) in [5, 5.41) is 13.4. The van der Waals surface area contributed by atoms with Crippen LogP contribution >= 0.6 is 0 Å². The van der Waals surface area contributed by atoms with Crippen molar-refractivity contribution in [2.24, 2.45) is 4.99 Å². The number of nitrogens with zero attached hydrogens (tertiary/aromatic N) is 3. The molecule has 0 radical (unpaired) electrons. The Morgan fingerprint density at radius 1 is 1.18 bits per heavy atom. The number of unbranched alkanes of at least 4 members (excludes halogenated alkanes) is 1. The van der Waals surface area contributed by atoms with Gasteiger partial charge in [-0.2, -0.15) is 0 Å². The number of hydrogen-bond donors (Lipinski definition) is 2. The minimum atomic E-state index is 0.361. The number of benzene rings is 1. The Morgan fingerprint density at radius 3 is 2.55 bits per heavy atom. The van der Waals surface area contributed by atoms with Gasteiger partial charge in [0.1, 0.15) is 5.75 Å². The molecule has 22 heavy (non-hydrogen) atoms. The largest absolute Gasteiger partial charge is 0.506 e. The summed E-state index contributed by atoms with van der Waals surface area (Å²) >= 11 is 0. The lowest BCUT2D eigenvalue weighted by molar-refractivity contribution is 0.369. The van der Waals surface area contributed by atoms with Gasteiger partial charge in [0, 0.05) is 39.3 Å². The number of nitrogens with one attached hydrogen (secondary N) is 1. The van der Waals surface area contributed by atoms with Gasteiger partial charge in [-0.3, -0.25) is 4.99 Å². The molecule has 0 bridgehead atoms. The smallest absolute Gasteiger partial charge is 0.194 e. The van der Waals surface area contributed by atoms with Gasteiger partial charge in [-0.25, -0.2) is 0 Å². The molecule has 0 spiro atoms. The molecule has 0 atom stereocenters. The van der Waals surface area contributed by atoms with Crippen LogP contribution in [0.5, 0.6) is 5.75 Å². The molecule has 1 saturated heterocycles. The van der Waals surface area contributed by atoms with Crippen molar-refractivity contribution in [3.8, 4) is 5.75 Å². The summed E-state index contributed by atoms with van der Waals surface area (Å²) in [7, 11) is 0. The van der Waals surface area contributed by atoms with Crippen LogP contribution in [0.2, 0.25) is 0 Å². The molecule has 1 fully saturated rings. The van der Waals surface area contributed by atoms with Crippen LogP contribution < -0.4 is 10.2 Å². The van der Waals surface area contributed by atoms with Gasteiger partial charge in [-0.05, 0) is 25.5 Å². The number of aliphatic imine (C=N–C) groups is 1. The van der Waals surface area contributed by atoms with E-state index in [2.05, 4.69) is 29.0 Å². The quantitative estimate of drug-likeness (QED) is 0.498. The summed E-state index contributed by atoms with van der Waals surface area (Å²) < 4.78 is 0. The van der Waals surface area contributed by atoms with Crippen LogP contribution in [-0.4, -0.2) is 55.2 Å². The lowest BCUT2D eigenvalue weighted by Gasteiger charge is -2.37. The molecular formula is C17H28N4O. The molecule has 0 aromatic heterocycles. The lowest BCUT2D eigenvalue weighted by atomic mass is 10.2. The molecule has 5 nitrogen and oxygen atoms in total. The van der Waals surface area contributed by atoms with Crippen LogP contribution in [0.25, 0.3) is 0 Å². The normalized spacial score (nSPS) is 16.0. The number of piperazine rings is 1. The first-order valence-electron chi connectivity index (χ1n) is 8.32. The third kappa shape index (κ3) is 4.29. The molecule has 0 unspecified atom stereocenters. The zero-order valence-electron chi connectivity index (χ0n) is 13.8. The van der Waals surface area contributed by atoms with Crippen LogP contribution in [0.3, 0.4) is 0 Å². The molecule has 1 aromatic rings. The van der Waals surface area contributed by atoms with E-state index < -0.39 is 0 Å². The summed E-state index contributed by atoms with van der Waals surface area (Å²) in [5.74, 6) is 1.38. The Kier molecular flexibility index (Phi) is 6.37. The monoisotopic (exact) mass is 304 g/mol. The van der Waals surface area contributed by atoms with E-state index in [1.165, 1.54) is 6.42 Å². The summed E-state index contributed by atoms with van der Waals surface area (Å²) in [6.45, 7) is 9.72. The highest BCUT2D eigenvalue weighted by Crippen LogP contribution is 2.27. The third-order valence-electron chi connectivity index (χ3n) is 3.91. The van der Waals surface area contributed by atoms with Crippen LogP contribution in [0, 0.1) is 0 Å². The maximum Gasteiger partial charge on any atom is 0.194 e. The second kappa shape index (κ2) is 8.51. The van der Waals surface area contributed by atoms with Crippen molar-refractivity contribution in [3.63, 3.8) is 0 Å². The molecule has 2 N–H and O–H groups in total. The average molecular weight is 304 g/mol. The van der Waals surface area contributed by atoms with E-state index in [1.807, 2.05) is 18.2 Å². The first-order valence-corrected chi connectivity index (χ1v) is 8.32. The molecule has 1 aliphatic rings. The van der Waals surface area contributed by atoms with Crippen molar-refractivity contribution in [1.29, 1.82) is 0 Å². The molecule has 1 aliphatic heterocycles. The Morgan fingerprint density at radius 2 is 1.91 bits per heavy atom. The number of aromatic hydroxyl groups is 1. The maximum atomic E-state index is 9.97. The van der Waals surface area contributed by atoms with Gasteiger partial charge in [0.2, 0.25) is 0 Å². The molecule has 0 aliphatic carbocycles. The second-order valence-electron chi connectivity index (χ2n) is 5.55. The summed E-state index contributed by atoms with van der Waals surface area (Å²) in [4.78, 5) is 9.26. The standard InChI is InChI=1S/C17H28N4O/c1-3-5-10-19-17(18-4-2)21-13-11-20(12-14-21)15-8-6-7-9-16(15)22/h6-9,22H,3-5,10-14H2,1-2H3,(H,18,19). The Labute approximate surface area is 133 Å². The Bertz CT molecular complexity index is 481. The molecule has 0 saturated carbocycles. The first-order chi connectivity index (χ1) is 10.8. The van der Waals surface area contributed by atoms with Crippen LogP contribution in [0.4, 0.5) is 5.69 Å². The fourth-order valence-corrected chi connectivity index (χ4v) is 2.66. The number of hydrogen-bond acceptors (Lipinski definition) is 3. The highest BCUT2D eigenvalue weighted by atomic mass is 16.3. The van der Waals surface area contributed by atoms with E-state index >= 15 is 0 Å². The van der Waals surface area contributed by atoms with E-state index in [4.69, 9.17) is 4.99 Å². The molecule has 122 valence electrons. The Balaban J connectivity index is 1.95. The second-order valence-corrected chi connectivity index (χ2v) is 5.55. The minimum absolute atomic E-state index is 0.361. The van der Waals surface area contributed by atoms with Gasteiger partial charge in [0.25, 0.3) is 0 Å². The van der Waals surface area contributed by atoms with Gasteiger partial charge in [0.15, 0.2) is 5.96 Å². The first kappa shape index (κ1) is 16.5. The molecule has 1 aromatic carbocycles. The van der Waals surface area contributed by atoms with Gasteiger partial charge < -0.3 is 20.2 Å². The molecule has 2 rings (SSSR count). The van der Waals surface area contributed by atoms with E-state index in [1.54, 1.807) is 6.07 Å². The van der Waals surface area contributed by atoms with Crippen molar-refractivity contribution in [1.82, 2.24) is 10.2 Å². The van der Waals surface area contributed by atoms with Gasteiger partial charge >= 0.3 is 0 Å². The van der Waals surface area contributed by atoms with Crippen molar-refractivity contribution in [2.75, 3.05) is 44.2 Å². The molecule has 0 amide bonds. The van der Waals surface area contributed by atoms with Crippen LogP contribution in [-0.2, 0) is 0 Å². The SMILES string of the molecule is CCCCN=C(NCC)N1CCN(c2ccccc2O)CC1. The Hall–Kier alpha value is -1.91. The highest BCUT2D eigenvalue weighted by molar-refractivity contribution is 5.80. The minimum Gasteiger partial charge on any atom is -0.506 e. The van der Waals surface area contributed by atoms with Gasteiger partial charge in [-0.15, -0.1) is 0 Å². The zero-order valence-corrected chi connectivity index (χ0v) is 13.8. The van der Waals surface area contributed by atoms with E-state index in [0.29, 0.717) is 5.75 Å². The number of para-hydroxylation sites is 2. The summed E-state index contributed by atoms with van der Waals surface area (Å²) in [5.41, 5.74) is 0.926. The van der Waals surface area contributed by atoms with Crippen molar-refractivity contribution in [3.05, 3.63) is 24.3 Å². The van der Waals surface area contributed by atoms with Crippen LogP contribution in [0.1, 0.15) is 26.7 Å². The van der Waals surface area contributed by atoms with Crippen molar-refractivity contribution < 1.29 is 5.11 Å². The molecule has 1 heterocycles. The number of rotatable bonds is 5. The highest BCUT2D eigenvalue weighted by Gasteiger charge is 2.21. The fraction of sp³-hybridized carbons (Fsp3) is 0.588.